The molecule has 108 valence electrons. The lowest BCUT2D eigenvalue weighted by atomic mass is 10.0. The summed E-state index contributed by atoms with van der Waals surface area (Å²) in [6, 6.07) is 6.94. The zero-order chi connectivity index (χ0) is 14.8. The molecule has 0 spiro atoms. The number of nitrogens with zero attached hydrogens (tertiary/aromatic N) is 1. The summed E-state index contributed by atoms with van der Waals surface area (Å²) in [4.78, 5) is 25.6. The Bertz CT molecular complexity index is 501. The summed E-state index contributed by atoms with van der Waals surface area (Å²) in [7, 11) is 1.57. The van der Waals surface area contributed by atoms with Gasteiger partial charge in [0.1, 0.15) is 0 Å². The van der Waals surface area contributed by atoms with Crippen LogP contribution in [-0.4, -0.2) is 40.9 Å². The van der Waals surface area contributed by atoms with Crippen molar-refractivity contribution < 1.29 is 14.7 Å². The van der Waals surface area contributed by atoms with E-state index in [1.54, 1.807) is 19.2 Å². The number of rotatable bonds is 4. The highest BCUT2D eigenvalue weighted by Gasteiger charge is 2.34. The lowest BCUT2D eigenvalue weighted by molar-refractivity contribution is -0.128. The van der Waals surface area contributed by atoms with Gasteiger partial charge in [0, 0.05) is 19.2 Å². The van der Waals surface area contributed by atoms with Crippen molar-refractivity contribution in [2.24, 2.45) is 0 Å². The fourth-order valence-corrected chi connectivity index (χ4v) is 2.71. The Morgan fingerprint density at radius 2 is 1.75 bits per heavy atom. The van der Waals surface area contributed by atoms with Crippen molar-refractivity contribution in [3.05, 3.63) is 35.4 Å². The van der Waals surface area contributed by atoms with Crippen LogP contribution in [0.4, 0.5) is 0 Å². The maximum Gasteiger partial charge on any atom is 0.294 e. The first-order valence-electron chi connectivity index (χ1n) is 7.00. The van der Waals surface area contributed by atoms with Gasteiger partial charge >= 0.3 is 0 Å². The monoisotopic (exact) mass is 275 g/mol. The van der Waals surface area contributed by atoms with Crippen molar-refractivity contribution in [3.8, 4) is 0 Å². The van der Waals surface area contributed by atoms with Crippen LogP contribution in [0.2, 0.25) is 0 Å². The molecule has 1 N–H and O–H groups in total. The molecule has 0 atom stereocenters. The minimum absolute atomic E-state index is 0.226. The molecule has 0 bridgehead atoms. The molecule has 0 aromatic heterocycles. The molecule has 20 heavy (non-hydrogen) atoms. The van der Waals surface area contributed by atoms with E-state index in [1.165, 1.54) is 4.90 Å². The number of hydrogen-bond donors (Lipinski definition) is 1. The molecule has 1 fully saturated rings. The van der Waals surface area contributed by atoms with Crippen LogP contribution in [0, 0.1) is 6.92 Å². The van der Waals surface area contributed by atoms with E-state index in [2.05, 4.69) is 0 Å². The predicted molar refractivity (Wildman–Crippen MR) is 76.6 cm³/mol. The molecule has 0 unspecified atom stereocenters. The molecule has 0 heterocycles. The van der Waals surface area contributed by atoms with Crippen LogP contribution in [0.3, 0.4) is 0 Å². The highest BCUT2D eigenvalue weighted by atomic mass is 16.3. The van der Waals surface area contributed by atoms with Gasteiger partial charge < -0.3 is 10.0 Å². The zero-order valence-corrected chi connectivity index (χ0v) is 12.1. The maximum absolute atomic E-state index is 12.1. The van der Waals surface area contributed by atoms with Crippen LogP contribution >= 0.6 is 0 Å². The molecule has 0 radical (unpaired) electrons. The lowest BCUT2D eigenvalue weighted by Gasteiger charge is -2.28. The van der Waals surface area contributed by atoms with E-state index in [1.807, 2.05) is 19.1 Å². The van der Waals surface area contributed by atoms with E-state index < -0.39 is 17.3 Å². The van der Waals surface area contributed by atoms with Crippen LogP contribution in [-0.2, 0) is 4.79 Å². The largest absolute Gasteiger partial charge is 0.388 e. The van der Waals surface area contributed by atoms with Gasteiger partial charge in [0.2, 0.25) is 5.78 Å². The number of carbonyl (C=O) groups is 2. The van der Waals surface area contributed by atoms with Crippen LogP contribution in [0.1, 0.15) is 41.6 Å². The second-order valence-corrected chi connectivity index (χ2v) is 5.79. The van der Waals surface area contributed by atoms with E-state index in [0.717, 1.165) is 18.4 Å². The van der Waals surface area contributed by atoms with Gasteiger partial charge in [-0.3, -0.25) is 9.59 Å². The van der Waals surface area contributed by atoms with Gasteiger partial charge in [-0.1, -0.05) is 42.7 Å². The Kier molecular flexibility index (Phi) is 4.23. The number of benzene rings is 1. The standard InChI is InChI=1S/C16H21NO3/c1-12-5-7-13(8-6-12)14(18)15(19)17(2)11-16(20)9-3-4-10-16/h5-8,20H,3-4,9-11H2,1-2H3. The molecule has 4 nitrogen and oxygen atoms in total. The molecular weight excluding hydrogens is 254 g/mol. The van der Waals surface area contributed by atoms with Crippen molar-refractivity contribution in [1.29, 1.82) is 0 Å². The molecular formula is C16H21NO3. The summed E-state index contributed by atoms with van der Waals surface area (Å²) >= 11 is 0. The number of hydrogen-bond acceptors (Lipinski definition) is 3. The van der Waals surface area contributed by atoms with Crippen molar-refractivity contribution in [2.75, 3.05) is 13.6 Å². The number of aliphatic hydroxyl groups is 1. The van der Waals surface area contributed by atoms with E-state index in [9.17, 15) is 14.7 Å². The Morgan fingerprint density at radius 1 is 1.20 bits per heavy atom. The average molecular weight is 275 g/mol. The Morgan fingerprint density at radius 3 is 2.30 bits per heavy atom. The highest BCUT2D eigenvalue weighted by molar-refractivity contribution is 6.42. The lowest BCUT2D eigenvalue weighted by Crippen LogP contribution is -2.44. The van der Waals surface area contributed by atoms with E-state index in [-0.39, 0.29) is 6.54 Å². The minimum atomic E-state index is -0.821. The van der Waals surface area contributed by atoms with Gasteiger partial charge in [0.05, 0.1) is 5.60 Å². The van der Waals surface area contributed by atoms with E-state index in [4.69, 9.17) is 0 Å². The fourth-order valence-electron chi connectivity index (χ4n) is 2.71. The smallest absolute Gasteiger partial charge is 0.294 e. The molecule has 1 saturated carbocycles. The maximum atomic E-state index is 12.1. The first-order chi connectivity index (χ1) is 9.41. The SMILES string of the molecule is Cc1ccc(C(=O)C(=O)N(C)CC2(O)CCCC2)cc1. The number of likely N-dealkylation sites (N-methyl/N-ethyl adjacent to an activating group) is 1. The summed E-state index contributed by atoms with van der Waals surface area (Å²) in [6.07, 6.45) is 3.35. The third-order valence-electron chi connectivity index (χ3n) is 3.92. The van der Waals surface area contributed by atoms with Crippen LogP contribution in [0.15, 0.2) is 24.3 Å². The zero-order valence-electron chi connectivity index (χ0n) is 12.1. The van der Waals surface area contributed by atoms with E-state index >= 15 is 0 Å². The van der Waals surface area contributed by atoms with Gasteiger partial charge in [0.15, 0.2) is 0 Å². The second-order valence-electron chi connectivity index (χ2n) is 5.79. The quantitative estimate of drug-likeness (QED) is 0.675. The molecule has 0 aliphatic heterocycles. The number of ketones is 1. The first kappa shape index (κ1) is 14.7. The van der Waals surface area contributed by atoms with Crippen molar-refractivity contribution in [1.82, 2.24) is 4.90 Å². The van der Waals surface area contributed by atoms with Crippen molar-refractivity contribution in [3.63, 3.8) is 0 Å². The average Bonchev–Trinajstić information content (AvgIpc) is 2.84. The van der Waals surface area contributed by atoms with Gasteiger partial charge in [-0.25, -0.2) is 0 Å². The Labute approximate surface area is 119 Å². The molecule has 1 aromatic carbocycles. The third-order valence-corrected chi connectivity index (χ3v) is 3.92. The topological polar surface area (TPSA) is 57.6 Å². The predicted octanol–water partition coefficient (Wildman–Crippen LogP) is 1.94. The Hall–Kier alpha value is -1.68. The third kappa shape index (κ3) is 3.25. The number of aryl methyl sites for hydroxylation is 1. The molecule has 2 rings (SSSR count). The van der Waals surface area contributed by atoms with Crippen LogP contribution < -0.4 is 0 Å². The summed E-state index contributed by atoms with van der Waals surface area (Å²) < 4.78 is 0. The fraction of sp³-hybridized carbons (Fsp3) is 0.500. The van der Waals surface area contributed by atoms with Gasteiger partial charge in [-0.2, -0.15) is 0 Å². The molecule has 1 aromatic rings. The Balaban J connectivity index is 2.02. The molecule has 4 heteroatoms. The molecule has 0 saturated heterocycles. The number of amides is 1. The summed E-state index contributed by atoms with van der Waals surface area (Å²) in [5.41, 5.74) is 0.617. The van der Waals surface area contributed by atoms with Crippen LogP contribution in [0.5, 0.6) is 0 Å². The van der Waals surface area contributed by atoms with Gasteiger partial charge in [-0.05, 0) is 19.8 Å². The normalized spacial score (nSPS) is 16.9. The van der Waals surface area contributed by atoms with Crippen molar-refractivity contribution >= 4 is 11.7 Å². The molecule has 1 amide bonds. The summed E-state index contributed by atoms with van der Waals surface area (Å²) in [5, 5.41) is 10.3. The first-order valence-corrected chi connectivity index (χ1v) is 7.00. The summed E-state index contributed by atoms with van der Waals surface area (Å²) in [6.45, 7) is 2.15. The van der Waals surface area contributed by atoms with Crippen LogP contribution in [0.25, 0.3) is 0 Å². The molecule has 1 aliphatic carbocycles. The number of Topliss-reactive ketones (excluding diaryl/α,β-unsaturated/α-hetero) is 1. The highest BCUT2D eigenvalue weighted by Crippen LogP contribution is 2.30. The van der Waals surface area contributed by atoms with Gasteiger partial charge in [0.25, 0.3) is 5.91 Å². The molecule has 1 aliphatic rings. The summed E-state index contributed by atoms with van der Waals surface area (Å²) in [5.74, 6) is -1.08. The second kappa shape index (κ2) is 5.75. The minimum Gasteiger partial charge on any atom is -0.388 e. The van der Waals surface area contributed by atoms with E-state index in [0.29, 0.717) is 18.4 Å². The van der Waals surface area contributed by atoms with Crippen molar-refractivity contribution in [2.45, 2.75) is 38.2 Å². The van der Waals surface area contributed by atoms with Gasteiger partial charge in [-0.15, -0.1) is 0 Å². The number of carbonyl (C=O) groups excluding carboxylic acids is 2.